The van der Waals surface area contributed by atoms with E-state index in [-0.39, 0.29) is 17.9 Å². The quantitative estimate of drug-likeness (QED) is 0.787. The summed E-state index contributed by atoms with van der Waals surface area (Å²) in [7, 11) is 0. The molecular weight excluding hydrogens is 380 g/mol. The molecule has 5 heteroatoms. The van der Waals surface area contributed by atoms with E-state index < -0.39 is 5.41 Å². The molecule has 1 fully saturated rings. The van der Waals surface area contributed by atoms with Gasteiger partial charge in [-0.15, -0.1) is 0 Å². The molecule has 3 rings (SSSR count). The molecule has 4 nitrogen and oxygen atoms in total. The zero-order chi connectivity index (χ0) is 18.0. The second-order valence-corrected chi connectivity index (χ2v) is 7.66. The van der Waals surface area contributed by atoms with E-state index in [0.717, 1.165) is 28.6 Å². The Kier molecular flexibility index (Phi) is 4.95. The van der Waals surface area contributed by atoms with Crippen molar-refractivity contribution in [2.24, 2.45) is 0 Å². The summed E-state index contributed by atoms with van der Waals surface area (Å²) in [6, 6.07) is 14.9. The molecule has 0 bridgehead atoms. The van der Waals surface area contributed by atoms with Crippen molar-refractivity contribution in [3.8, 4) is 0 Å². The van der Waals surface area contributed by atoms with Crippen LogP contribution in [0.15, 0.2) is 53.0 Å². The van der Waals surface area contributed by atoms with Gasteiger partial charge in [0.1, 0.15) is 0 Å². The van der Waals surface area contributed by atoms with Gasteiger partial charge in [-0.2, -0.15) is 0 Å². The van der Waals surface area contributed by atoms with Gasteiger partial charge < -0.3 is 10.6 Å². The van der Waals surface area contributed by atoms with E-state index >= 15 is 0 Å². The van der Waals surface area contributed by atoms with Gasteiger partial charge in [0, 0.05) is 21.8 Å². The third kappa shape index (κ3) is 3.93. The highest BCUT2D eigenvalue weighted by molar-refractivity contribution is 9.10. The van der Waals surface area contributed by atoms with E-state index in [1.165, 1.54) is 0 Å². The van der Waals surface area contributed by atoms with E-state index in [0.29, 0.717) is 5.56 Å². The SMILES string of the molecule is CC(C)NC(=O)C1(c2ccc(NC(=O)c3ccc(Br)cc3)cc2)CC1. The van der Waals surface area contributed by atoms with Crippen LogP contribution in [-0.4, -0.2) is 17.9 Å². The molecule has 2 amide bonds. The van der Waals surface area contributed by atoms with E-state index in [9.17, 15) is 9.59 Å². The second-order valence-electron chi connectivity index (χ2n) is 6.75. The van der Waals surface area contributed by atoms with Crippen molar-refractivity contribution in [2.45, 2.75) is 38.1 Å². The highest BCUT2D eigenvalue weighted by atomic mass is 79.9. The first kappa shape index (κ1) is 17.7. The lowest BCUT2D eigenvalue weighted by atomic mass is 9.94. The van der Waals surface area contributed by atoms with Crippen molar-refractivity contribution in [3.05, 3.63) is 64.1 Å². The van der Waals surface area contributed by atoms with Gasteiger partial charge in [0.05, 0.1) is 5.41 Å². The van der Waals surface area contributed by atoms with Gasteiger partial charge in [-0.3, -0.25) is 9.59 Å². The minimum atomic E-state index is -0.390. The summed E-state index contributed by atoms with van der Waals surface area (Å²) in [5, 5.41) is 5.89. The number of hydrogen-bond donors (Lipinski definition) is 2. The number of carbonyl (C=O) groups is 2. The van der Waals surface area contributed by atoms with Crippen molar-refractivity contribution < 1.29 is 9.59 Å². The average molecular weight is 401 g/mol. The fraction of sp³-hybridized carbons (Fsp3) is 0.300. The van der Waals surface area contributed by atoms with Gasteiger partial charge >= 0.3 is 0 Å². The summed E-state index contributed by atoms with van der Waals surface area (Å²) < 4.78 is 0.933. The highest BCUT2D eigenvalue weighted by Gasteiger charge is 2.51. The first-order chi connectivity index (χ1) is 11.9. The molecular formula is C20H21BrN2O2. The van der Waals surface area contributed by atoms with Gasteiger partial charge in [-0.25, -0.2) is 0 Å². The first-order valence-electron chi connectivity index (χ1n) is 8.39. The Morgan fingerprint density at radius 1 is 1.00 bits per heavy atom. The molecule has 2 N–H and O–H groups in total. The van der Waals surface area contributed by atoms with Crippen molar-refractivity contribution in [1.82, 2.24) is 5.32 Å². The molecule has 0 saturated heterocycles. The molecule has 0 aliphatic heterocycles. The summed E-state index contributed by atoms with van der Waals surface area (Å²) in [6.07, 6.45) is 1.74. The van der Waals surface area contributed by atoms with Crippen LogP contribution < -0.4 is 10.6 Å². The number of amides is 2. The minimum absolute atomic E-state index is 0.0918. The zero-order valence-corrected chi connectivity index (χ0v) is 15.9. The lowest BCUT2D eigenvalue weighted by Gasteiger charge is -2.18. The van der Waals surface area contributed by atoms with E-state index in [4.69, 9.17) is 0 Å². The summed E-state index contributed by atoms with van der Waals surface area (Å²) in [5.74, 6) is -0.0620. The third-order valence-corrected chi connectivity index (χ3v) is 4.93. The predicted molar refractivity (Wildman–Crippen MR) is 103 cm³/mol. The Bertz CT molecular complexity index is 778. The first-order valence-corrected chi connectivity index (χ1v) is 9.18. The topological polar surface area (TPSA) is 58.2 Å². The largest absolute Gasteiger partial charge is 0.353 e. The fourth-order valence-electron chi connectivity index (χ4n) is 2.85. The summed E-state index contributed by atoms with van der Waals surface area (Å²) in [5.41, 5.74) is 1.93. The molecule has 0 aromatic heterocycles. The van der Waals surface area contributed by atoms with Gasteiger partial charge in [-0.1, -0.05) is 28.1 Å². The smallest absolute Gasteiger partial charge is 0.255 e. The van der Waals surface area contributed by atoms with Crippen LogP contribution in [0.1, 0.15) is 42.6 Å². The Morgan fingerprint density at radius 2 is 1.60 bits per heavy atom. The van der Waals surface area contributed by atoms with Crippen molar-refractivity contribution >= 4 is 33.4 Å². The van der Waals surface area contributed by atoms with Gasteiger partial charge in [0.15, 0.2) is 0 Å². The van der Waals surface area contributed by atoms with Crippen molar-refractivity contribution in [3.63, 3.8) is 0 Å². The Balaban J connectivity index is 1.69. The number of nitrogens with one attached hydrogen (secondary N) is 2. The number of anilines is 1. The van der Waals surface area contributed by atoms with Crippen LogP contribution in [-0.2, 0) is 10.2 Å². The Morgan fingerprint density at radius 3 is 2.12 bits per heavy atom. The standard InChI is InChI=1S/C20H21BrN2O2/c1-13(2)22-19(25)20(11-12-20)15-5-9-17(10-6-15)23-18(24)14-3-7-16(21)8-4-14/h3-10,13H,11-12H2,1-2H3,(H,22,25)(H,23,24). The molecule has 1 aliphatic rings. The second kappa shape index (κ2) is 7.00. The number of hydrogen-bond acceptors (Lipinski definition) is 2. The number of carbonyl (C=O) groups excluding carboxylic acids is 2. The molecule has 1 saturated carbocycles. The normalized spacial score (nSPS) is 14.9. The molecule has 25 heavy (non-hydrogen) atoms. The lowest BCUT2D eigenvalue weighted by molar-refractivity contribution is -0.124. The molecule has 1 aliphatic carbocycles. The molecule has 0 unspecified atom stereocenters. The average Bonchev–Trinajstić information content (AvgIpc) is 3.37. The third-order valence-electron chi connectivity index (χ3n) is 4.41. The summed E-state index contributed by atoms with van der Waals surface area (Å²) >= 11 is 3.36. The van der Waals surface area contributed by atoms with Gasteiger partial charge in [-0.05, 0) is 68.7 Å². The maximum Gasteiger partial charge on any atom is 0.255 e. The molecule has 2 aromatic rings. The zero-order valence-electron chi connectivity index (χ0n) is 14.3. The van der Waals surface area contributed by atoms with E-state index in [1.807, 2.05) is 50.2 Å². The number of rotatable bonds is 5. The van der Waals surface area contributed by atoms with Gasteiger partial charge in [0.25, 0.3) is 5.91 Å². The Hall–Kier alpha value is -2.14. The lowest BCUT2D eigenvalue weighted by Crippen LogP contribution is -2.38. The fourth-order valence-corrected chi connectivity index (χ4v) is 3.11. The number of benzene rings is 2. The van der Waals surface area contributed by atoms with E-state index in [2.05, 4.69) is 26.6 Å². The summed E-state index contributed by atoms with van der Waals surface area (Å²) in [4.78, 5) is 24.7. The van der Waals surface area contributed by atoms with Crippen LogP contribution in [0.2, 0.25) is 0 Å². The monoisotopic (exact) mass is 400 g/mol. The molecule has 0 heterocycles. The number of halogens is 1. The van der Waals surface area contributed by atoms with Crippen LogP contribution in [0, 0.1) is 0 Å². The predicted octanol–water partition coefficient (Wildman–Crippen LogP) is 4.26. The molecule has 130 valence electrons. The van der Waals surface area contributed by atoms with E-state index in [1.54, 1.807) is 12.1 Å². The molecule has 0 radical (unpaired) electrons. The van der Waals surface area contributed by atoms with Crippen LogP contribution in [0.4, 0.5) is 5.69 Å². The van der Waals surface area contributed by atoms with Crippen LogP contribution >= 0.6 is 15.9 Å². The maximum absolute atomic E-state index is 12.4. The van der Waals surface area contributed by atoms with Crippen molar-refractivity contribution in [1.29, 1.82) is 0 Å². The molecule has 2 aromatic carbocycles. The van der Waals surface area contributed by atoms with Crippen LogP contribution in [0.3, 0.4) is 0 Å². The minimum Gasteiger partial charge on any atom is -0.353 e. The maximum atomic E-state index is 12.4. The van der Waals surface area contributed by atoms with Crippen LogP contribution in [0.25, 0.3) is 0 Å². The van der Waals surface area contributed by atoms with Crippen molar-refractivity contribution in [2.75, 3.05) is 5.32 Å². The highest BCUT2D eigenvalue weighted by Crippen LogP contribution is 2.48. The molecule has 0 atom stereocenters. The van der Waals surface area contributed by atoms with Gasteiger partial charge in [0.2, 0.25) is 5.91 Å². The van der Waals surface area contributed by atoms with Crippen LogP contribution in [0.5, 0.6) is 0 Å². The summed E-state index contributed by atoms with van der Waals surface area (Å²) in [6.45, 7) is 3.93. The Labute approximate surface area is 156 Å². The molecule has 0 spiro atoms.